The molecule has 2 nitrogen and oxygen atoms in total. The zero-order valence-corrected chi connectivity index (χ0v) is 7.08. The van der Waals surface area contributed by atoms with Crippen LogP contribution in [0.2, 0.25) is 0 Å². The molecule has 1 aromatic rings. The molecule has 0 fully saturated rings. The summed E-state index contributed by atoms with van der Waals surface area (Å²) < 4.78 is 0. The molecule has 1 heterocycles. The van der Waals surface area contributed by atoms with Crippen molar-refractivity contribution in [3.05, 3.63) is 16.1 Å². The van der Waals surface area contributed by atoms with Crippen molar-refractivity contribution in [1.29, 1.82) is 0 Å². The molecule has 0 saturated carbocycles. The highest BCUT2D eigenvalue weighted by atomic mass is 35.5. The Morgan fingerprint density at radius 3 is 3.18 bits per heavy atom. The summed E-state index contributed by atoms with van der Waals surface area (Å²) in [7, 11) is 0. The lowest BCUT2D eigenvalue weighted by Crippen LogP contribution is -1.78. The molecule has 11 heavy (non-hydrogen) atoms. The van der Waals surface area contributed by atoms with Crippen LogP contribution in [0.4, 0.5) is 0 Å². The van der Waals surface area contributed by atoms with Gasteiger partial charge in [0.25, 0.3) is 0 Å². The molecule has 1 aromatic heterocycles. The summed E-state index contributed by atoms with van der Waals surface area (Å²) in [5.74, 6) is 5.65. The molecule has 0 spiro atoms. The van der Waals surface area contributed by atoms with Gasteiger partial charge in [0.2, 0.25) is 0 Å². The minimum absolute atomic E-state index is 0.288. The molecule has 0 N–H and O–H groups in total. The summed E-state index contributed by atoms with van der Waals surface area (Å²) in [6.45, 7) is 0. The van der Waals surface area contributed by atoms with Crippen molar-refractivity contribution in [2.45, 2.75) is 0 Å². The first-order valence-electron chi connectivity index (χ1n) is 2.82. The fraction of sp³-hybridized carbons (Fsp3) is 0.143. The molecule has 0 aliphatic heterocycles. The second-order valence-electron chi connectivity index (χ2n) is 1.63. The summed E-state index contributed by atoms with van der Waals surface area (Å²) in [5.41, 5.74) is 0.425. The molecular formula is C7H4ClNOS. The fourth-order valence-corrected chi connectivity index (χ4v) is 1.20. The number of halogens is 1. The number of carbonyl (C=O) groups is 1. The predicted octanol–water partition coefficient (Wildman–Crippen LogP) is 1.55. The van der Waals surface area contributed by atoms with Crippen LogP contribution in [-0.4, -0.2) is 17.2 Å². The molecule has 0 saturated heterocycles. The van der Waals surface area contributed by atoms with Crippen molar-refractivity contribution in [2.75, 3.05) is 5.88 Å². The quantitative estimate of drug-likeness (QED) is 0.378. The fourth-order valence-electron chi connectivity index (χ4n) is 0.507. The minimum atomic E-state index is 0.288. The van der Waals surface area contributed by atoms with Crippen LogP contribution in [-0.2, 0) is 0 Å². The Balaban J connectivity index is 2.80. The maximum Gasteiger partial charge on any atom is 0.169 e. The third-order valence-electron chi connectivity index (χ3n) is 0.905. The van der Waals surface area contributed by atoms with Crippen molar-refractivity contribution < 1.29 is 4.79 Å². The van der Waals surface area contributed by atoms with E-state index in [-0.39, 0.29) is 5.88 Å². The largest absolute Gasteiger partial charge is 0.296 e. The summed E-state index contributed by atoms with van der Waals surface area (Å²) in [5, 5.41) is 2.29. The number of hydrogen-bond acceptors (Lipinski definition) is 3. The summed E-state index contributed by atoms with van der Waals surface area (Å²) in [6.07, 6.45) is 0.697. The highest BCUT2D eigenvalue weighted by Gasteiger charge is 1.95. The Labute approximate surface area is 73.2 Å². The maximum atomic E-state index is 10.2. The Bertz CT molecular complexity index is 310. The molecule has 0 atom stereocenters. The van der Waals surface area contributed by atoms with Crippen molar-refractivity contribution in [1.82, 2.24) is 4.98 Å². The van der Waals surface area contributed by atoms with Crippen LogP contribution in [0.15, 0.2) is 5.38 Å². The first kappa shape index (κ1) is 8.25. The standard InChI is InChI=1S/C7H4ClNOS/c8-3-1-2-7-9-6(4-10)5-11-7/h4-5H,3H2. The van der Waals surface area contributed by atoms with E-state index in [0.717, 1.165) is 0 Å². The van der Waals surface area contributed by atoms with E-state index < -0.39 is 0 Å². The number of aromatic nitrogens is 1. The number of carbonyl (C=O) groups excluding carboxylic acids is 1. The highest BCUT2D eigenvalue weighted by Crippen LogP contribution is 2.05. The Morgan fingerprint density at radius 2 is 2.64 bits per heavy atom. The van der Waals surface area contributed by atoms with E-state index >= 15 is 0 Å². The molecular weight excluding hydrogens is 182 g/mol. The topological polar surface area (TPSA) is 30.0 Å². The summed E-state index contributed by atoms with van der Waals surface area (Å²) in [6, 6.07) is 0. The van der Waals surface area contributed by atoms with Gasteiger partial charge in [-0.05, 0) is 5.92 Å². The van der Waals surface area contributed by atoms with E-state index in [0.29, 0.717) is 17.0 Å². The second-order valence-corrected chi connectivity index (χ2v) is 2.76. The smallest absolute Gasteiger partial charge is 0.169 e. The molecule has 0 bridgehead atoms. The molecule has 1 rings (SSSR count). The third kappa shape index (κ3) is 2.34. The maximum absolute atomic E-state index is 10.2. The molecule has 0 radical (unpaired) electrons. The molecule has 0 aliphatic rings. The van der Waals surface area contributed by atoms with Crippen molar-refractivity contribution in [3.8, 4) is 11.8 Å². The van der Waals surface area contributed by atoms with Gasteiger partial charge in [-0.1, -0.05) is 5.92 Å². The van der Waals surface area contributed by atoms with Crippen LogP contribution in [0, 0.1) is 11.8 Å². The number of alkyl halides is 1. The average Bonchev–Trinajstić information content (AvgIpc) is 2.48. The first-order chi connectivity index (χ1) is 5.36. The van der Waals surface area contributed by atoms with E-state index in [1.54, 1.807) is 5.38 Å². The molecule has 0 unspecified atom stereocenters. The van der Waals surface area contributed by atoms with Crippen LogP contribution < -0.4 is 0 Å². The van der Waals surface area contributed by atoms with E-state index in [1.165, 1.54) is 11.3 Å². The highest BCUT2D eigenvalue weighted by molar-refractivity contribution is 7.10. The number of hydrogen-bond donors (Lipinski definition) is 0. The molecule has 56 valence electrons. The third-order valence-corrected chi connectivity index (χ3v) is 1.81. The zero-order chi connectivity index (χ0) is 8.10. The van der Waals surface area contributed by atoms with Crippen LogP contribution in [0.3, 0.4) is 0 Å². The summed E-state index contributed by atoms with van der Waals surface area (Å²) >= 11 is 6.67. The SMILES string of the molecule is O=Cc1csc(C#CCCl)n1. The lowest BCUT2D eigenvalue weighted by atomic mass is 10.5. The van der Waals surface area contributed by atoms with E-state index in [4.69, 9.17) is 11.6 Å². The van der Waals surface area contributed by atoms with Gasteiger partial charge in [-0.3, -0.25) is 4.79 Å². The van der Waals surface area contributed by atoms with Gasteiger partial charge in [0, 0.05) is 5.38 Å². The van der Waals surface area contributed by atoms with Gasteiger partial charge in [0.15, 0.2) is 11.3 Å². The lowest BCUT2D eigenvalue weighted by molar-refractivity contribution is 0.111. The van der Waals surface area contributed by atoms with Crippen molar-refractivity contribution >= 4 is 29.2 Å². The molecule has 4 heteroatoms. The van der Waals surface area contributed by atoms with Gasteiger partial charge >= 0.3 is 0 Å². The van der Waals surface area contributed by atoms with Gasteiger partial charge in [-0.15, -0.1) is 22.9 Å². The van der Waals surface area contributed by atoms with Crippen molar-refractivity contribution in [2.24, 2.45) is 0 Å². The number of thiazole rings is 1. The number of rotatable bonds is 1. The number of nitrogens with zero attached hydrogens (tertiary/aromatic N) is 1. The zero-order valence-electron chi connectivity index (χ0n) is 5.50. The molecule has 0 amide bonds. The summed E-state index contributed by atoms with van der Waals surface area (Å²) in [4.78, 5) is 14.0. The van der Waals surface area contributed by atoms with Crippen LogP contribution >= 0.6 is 22.9 Å². The molecule has 0 aromatic carbocycles. The van der Waals surface area contributed by atoms with Gasteiger partial charge in [-0.25, -0.2) is 4.98 Å². The van der Waals surface area contributed by atoms with Gasteiger partial charge in [0.1, 0.15) is 5.69 Å². The minimum Gasteiger partial charge on any atom is -0.296 e. The van der Waals surface area contributed by atoms with E-state index in [1.807, 2.05) is 0 Å². The monoisotopic (exact) mass is 185 g/mol. The van der Waals surface area contributed by atoms with Crippen molar-refractivity contribution in [3.63, 3.8) is 0 Å². The van der Waals surface area contributed by atoms with Crippen LogP contribution in [0.5, 0.6) is 0 Å². The van der Waals surface area contributed by atoms with E-state index in [9.17, 15) is 4.79 Å². The molecule has 0 aliphatic carbocycles. The van der Waals surface area contributed by atoms with Crippen LogP contribution in [0.1, 0.15) is 15.5 Å². The number of aldehydes is 1. The lowest BCUT2D eigenvalue weighted by Gasteiger charge is -1.73. The van der Waals surface area contributed by atoms with Gasteiger partial charge in [-0.2, -0.15) is 0 Å². The Kier molecular flexibility index (Phi) is 3.09. The predicted molar refractivity (Wildman–Crippen MR) is 45.1 cm³/mol. The normalized spacial score (nSPS) is 8.45. The second kappa shape index (κ2) is 4.12. The van der Waals surface area contributed by atoms with Crippen LogP contribution in [0.25, 0.3) is 0 Å². The Hall–Kier alpha value is -0.850. The Morgan fingerprint density at radius 1 is 1.82 bits per heavy atom. The first-order valence-corrected chi connectivity index (χ1v) is 4.24. The van der Waals surface area contributed by atoms with Gasteiger partial charge < -0.3 is 0 Å². The average molecular weight is 186 g/mol. The van der Waals surface area contributed by atoms with E-state index in [2.05, 4.69) is 16.8 Å². The van der Waals surface area contributed by atoms with Gasteiger partial charge in [0.05, 0.1) is 5.88 Å².